The van der Waals surface area contributed by atoms with Crippen LogP contribution in [-0.2, 0) is 6.42 Å². The topological polar surface area (TPSA) is 56.7 Å². The predicted octanol–water partition coefficient (Wildman–Crippen LogP) is 9.46. The van der Waals surface area contributed by atoms with Gasteiger partial charge in [-0.25, -0.2) is 4.98 Å². The molecular formula is C37H28N4O. The number of nitrogens with zero attached hydrogens (tertiary/aromatic N) is 4. The number of aromatic nitrogens is 4. The maximum Gasteiger partial charge on any atom is 0.238 e. The second-order valence-corrected chi connectivity index (χ2v) is 10.9. The van der Waals surface area contributed by atoms with Crippen molar-refractivity contribution >= 4 is 43.7 Å². The van der Waals surface area contributed by atoms with Gasteiger partial charge in [0, 0.05) is 32.7 Å². The summed E-state index contributed by atoms with van der Waals surface area (Å²) in [5.41, 5.74) is 8.26. The van der Waals surface area contributed by atoms with E-state index in [0.29, 0.717) is 17.6 Å². The Labute approximate surface area is 243 Å². The monoisotopic (exact) mass is 544 g/mol. The van der Waals surface area contributed by atoms with Crippen LogP contribution in [0.1, 0.15) is 24.5 Å². The lowest BCUT2D eigenvalue weighted by Crippen LogP contribution is -2.06. The molecule has 0 aliphatic rings. The van der Waals surface area contributed by atoms with Gasteiger partial charge in [0.2, 0.25) is 5.95 Å². The van der Waals surface area contributed by atoms with Crippen LogP contribution in [0.2, 0.25) is 0 Å². The molecule has 8 rings (SSSR count). The van der Waals surface area contributed by atoms with Gasteiger partial charge in [0.05, 0.1) is 11.0 Å². The van der Waals surface area contributed by atoms with E-state index in [-0.39, 0.29) is 0 Å². The van der Waals surface area contributed by atoms with E-state index in [4.69, 9.17) is 19.4 Å². The van der Waals surface area contributed by atoms with Gasteiger partial charge in [-0.1, -0.05) is 97.8 Å². The molecule has 0 aliphatic carbocycles. The number of hydrogen-bond donors (Lipinski definition) is 0. The molecule has 3 heterocycles. The van der Waals surface area contributed by atoms with Crippen molar-refractivity contribution in [3.8, 4) is 28.7 Å². The van der Waals surface area contributed by atoms with Gasteiger partial charge in [0.25, 0.3) is 0 Å². The lowest BCUT2D eigenvalue weighted by Gasteiger charge is -2.11. The lowest BCUT2D eigenvalue weighted by molar-refractivity contribution is 0.669. The Bertz CT molecular complexity index is 2260. The molecule has 0 amide bonds. The summed E-state index contributed by atoms with van der Waals surface area (Å²) in [6.45, 7) is 4.32. The fraction of sp³-hybridized carbons (Fsp3) is 0.108. The Kier molecular flexibility index (Phi) is 5.64. The van der Waals surface area contributed by atoms with Gasteiger partial charge in [-0.2, -0.15) is 9.97 Å². The van der Waals surface area contributed by atoms with Gasteiger partial charge >= 0.3 is 0 Å². The van der Waals surface area contributed by atoms with Crippen molar-refractivity contribution in [2.45, 2.75) is 26.7 Å². The molecule has 8 aromatic rings. The van der Waals surface area contributed by atoms with Gasteiger partial charge in [-0.05, 0) is 49.2 Å². The van der Waals surface area contributed by atoms with Crippen molar-refractivity contribution in [3.05, 3.63) is 120 Å². The highest BCUT2D eigenvalue weighted by Gasteiger charge is 2.21. The highest BCUT2D eigenvalue weighted by Crippen LogP contribution is 2.41. The zero-order valence-corrected chi connectivity index (χ0v) is 23.5. The predicted molar refractivity (Wildman–Crippen MR) is 171 cm³/mol. The van der Waals surface area contributed by atoms with Gasteiger partial charge in [-0.3, -0.25) is 4.57 Å². The number of furan rings is 1. The highest BCUT2D eigenvalue weighted by molar-refractivity contribution is 6.27. The summed E-state index contributed by atoms with van der Waals surface area (Å²) in [6.07, 6.45) is 2.16. The van der Waals surface area contributed by atoms with Crippen molar-refractivity contribution in [3.63, 3.8) is 0 Å². The summed E-state index contributed by atoms with van der Waals surface area (Å²) in [5, 5.41) is 4.51. The van der Waals surface area contributed by atoms with Gasteiger partial charge in [-0.15, -0.1) is 0 Å². The molecule has 0 saturated carbocycles. The molecule has 202 valence electrons. The number of hydrogen-bond acceptors (Lipinski definition) is 4. The lowest BCUT2D eigenvalue weighted by atomic mass is 10.0. The molecule has 0 radical (unpaired) electrons. The minimum absolute atomic E-state index is 0.589. The summed E-state index contributed by atoms with van der Waals surface area (Å²) in [4.78, 5) is 15.2. The fourth-order valence-electron chi connectivity index (χ4n) is 6.08. The molecule has 0 aliphatic heterocycles. The summed E-state index contributed by atoms with van der Waals surface area (Å²) >= 11 is 0. The Morgan fingerprint density at radius 2 is 1.33 bits per heavy atom. The number of para-hydroxylation sites is 1. The van der Waals surface area contributed by atoms with E-state index in [1.54, 1.807) is 0 Å². The van der Waals surface area contributed by atoms with E-state index in [0.717, 1.165) is 67.7 Å². The standard InChI is InChI=1S/C37H28N4O/c1-3-9-24-15-17-26(18-16-24)36-38-35(25-10-5-4-6-11-25)39-37(40-36)41-29-13-8-7-12-27(29)33-30(41)19-21-32-34(33)28-22-23(2)14-20-31(28)42-32/h4-8,10-22H,3,9H2,1-2H3. The first-order chi connectivity index (χ1) is 20.7. The second kappa shape index (κ2) is 9.67. The molecule has 0 fully saturated rings. The van der Waals surface area contributed by atoms with E-state index < -0.39 is 0 Å². The second-order valence-electron chi connectivity index (χ2n) is 10.9. The first-order valence-electron chi connectivity index (χ1n) is 14.4. The van der Waals surface area contributed by atoms with Crippen molar-refractivity contribution < 1.29 is 4.42 Å². The van der Waals surface area contributed by atoms with Gasteiger partial charge < -0.3 is 4.42 Å². The third-order valence-electron chi connectivity index (χ3n) is 8.03. The minimum Gasteiger partial charge on any atom is -0.456 e. The van der Waals surface area contributed by atoms with E-state index in [9.17, 15) is 0 Å². The van der Waals surface area contributed by atoms with Crippen molar-refractivity contribution in [2.75, 3.05) is 0 Å². The maximum atomic E-state index is 6.31. The van der Waals surface area contributed by atoms with Crippen LogP contribution in [0.25, 0.3) is 72.5 Å². The Hall–Kier alpha value is -5.29. The van der Waals surface area contributed by atoms with Crippen LogP contribution < -0.4 is 0 Å². The molecule has 0 spiro atoms. The van der Waals surface area contributed by atoms with Crippen LogP contribution in [0.15, 0.2) is 114 Å². The average Bonchev–Trinajstić information content (AvgIpc) is 3.57. The van der Waals surface area contributed by atoms with Crippen molar-refractivity contribution in [1.82, 2.24) is 19.5 Å². The first kappa shape index (κ1) is 24.5. The first-order valence-corrected chi connectivity index (χ1v) is 14.4. The zero-order valence-electron chi connectivity index (χ0n) is 23.5. The molecule has 0 bridgehead atoms. The van der Waals surface area contributed by atoms with Crippen LogP contribution in [0.3, 0.4) is 0 Å². The molecule has 5 nitrogen and oxygen atoms in total. The third kappa shape index (κ3) is 3.89. The minimum atomic E-state index is 0.589. The van der Waals surface area contributed by atoms with E-state index in [1.165, 1.54) is 11.1 Å². The zero-order chi connectivity index (χ0) is 28.2. The maximum absolute atomic E-state index is 6.31. The Morgan fingerprint density at radius 1 is 0.619 bits per heavy atom. The smallest absolute Gasteiger partial charge is 0.238 e. The third-order valence-corrected chi connectivity index (χ3v) is 8.03. The van der Waals surface area contributed by atoms with Gasteiger partial charge in [0.1, 0.15) is 11.2 Å². The highest BCUT2D eigenvalue weighted by atomic mass is 16.3. The molecule has 0 N–H and O–H groups in total. The van der Waals surface area contributed by atoms with E-state index >= 15 is 0 Å². The number of aryl methyl sites for hydroxylation is 2. The van der Waals surface area contributed by atoms with E-state index in [1.807, 2.05) is 30.3 Å². The number of benzene rings is 5. The molecule has 42 heavy (non-hydrogen) atoms. The Balaban J connectivity index is 1.45. The average molecular weight is 545 g/mol. The SMILES string of the molecule is CCCc1ccc(-c2nc(-c3ccccc3)nc(-n3c4ccccc4c4c5c(ccc43)oc3ccc(C)cc35)n2)cc1. The Morgan fingerprint density at radius 3 is 2.12 bits per heavy atom. The molecular weight excluding hydrogens is 516 g/mol. The normalized spacial score (nSPS) is 11.8. The molecule has 5 aromatic carbocycles. The molecule has 3 aromatic heterocycles. The van der Waals surface area contributed by atoms with Crippen LogP contribution in [0, 0.1) is 6.92 Å². The van der Waals surface area contributed by atoms with Crippen LogP contribution in [0.4, 0.5) is 0 Å². The fourth-order valence-corrected chi connectivity index (χ4v) is 6.08. The van der Waals surface area contributed by atoms with Crippen molar-refractivity contribution in [2.24, 2.45) is 0 Å². The summed E-state index contributed by atoms with van der Waals surface area (Å²) in [7, 11) is 0. The molecule has 5 heteroatoms. The van der Waals surface area contributed by atoms with Crippen LogP contribution in [0.5, 0.6) is 0 Å². The van der Waals surface area contributed by atoms with Crippen molar-refractivity contribution in [1.29, 1.82) is 0 Å². The van der Waals surface area contributed by atoms with Crippen LogP contribution in [-0.4, -0.2) is 19.5 Å². The summed E-state index contributed by atoms with van der Waals surface area (Å²) in [5.74, 6) is 1.88. The summed E-state index contributed by atoms with van der Waals surface area (Å²) in [6, 6.07) is 37.7. The van der Waals surface area contributed by atoms with Gasteiger partial charge in [0.15, 0.2) is 11.6 Å². The largest absolute Gasteiger partial charge is 0.456 e. The number of rotatable bonds is 5. The molecule has 0 unspecified atom stereocenters. The molecule has 0 atom stereocenters. The van der Waals surface area contributed by atoms with Crippen LogP contribution >= 0.6 is 0 Å². The molecule has 0 saturated heterocycles. The quantitative estimate of drug-likeness (QED) is 0.216. The summed E-state index contributed by atoms with van der Waals surface area (Å²) < 4.78 is 8.48. The number of fused-ring (bicyclic) bond motifs is 7. The van der Waals surface area contributed by atoms with E-state index in [2.05, 4.69) is 97.3 Å².